The highest BCUT2D eigenvalue weighted by Gasteiger charge is 2.36. The summed E-state index contributed by atoms with van der Waals surface area (Å²) in [5.74, 6) is 0.290. The van der Waals surface area contributed by atoms with Gasteiger partial charge in [0.1, 0.15) is 0 Å². The van der Waals surface area contributed by atoms with Crippen LogP contribution in [0.5, 0.6) is 0 Å². The Labute approximate surface area is 144 Å². The third-order valence-corrected chi connectivity index (χ3v) is 4.24. The number of ether oxygens (including phenoxy) is 1. The van der Waals surface area contributed by atoms with Crippen molar-refractivity contribution in [3.63, 3.8) is 0 Å². The minimum atomic E-state index is -0.239. The highest BCUT2D eigenvalue weighted by atomic mass is 16.5. The molecule has 0 spiro atoms. The zero-order chi connectivity index (χ0) is 17.5. The zero-order valence-electron chi connectivity index (χ0n) is 14.9. The molecular formula is C19H28N2O3. The molecule has 2 amide bonds. The maximum Gasteiger partial charge on any atom is 0.228 e. The quantitative estimate of drug-likeness (QED) is 0.733. The van der Waals surface area contributed by atoms with E-state index >= 15 is 0 Å². The van der Waals surface area contributed by atoms with Crippen LogP contribution in [0.4, 0.5) is 0 Å². The lowest BCUT2D eigenvalue weighted by atomic mass is 10.1. The predicted molar refractivity (Wildman–Crippen MR) is 93.3 cm³/mol. The summed E-state index contributed by atoms with van der Waals surface area (Å²) in [4.78, 5) is 28.7. The number of amides is 2. The van der Waals surface area contributed by atoms with Crippen molar-refractivity contribution >= 4 is 11.8 Å². The number of carbonyl (C=O) groups excluding carboxylic acids is 2. The molecule has 0 radical (unpaired) electrons. The molecule has 0 saturated carbocycles. The van der Waals surface area contributed by atoms with Crippen LogP contribution in [-0.4, -0.2) is 55.0 Å². The van der Waals surface area contributed by atoms with Gasteiger partial charge in [-0.15, -0.1) is 0 Å². The van der Waals surface area contributed by atoms with Gasteiger partial charge in [-0.25, -0.2) is 0 Å². The number of nitrogens with zero attached hydrogens (tertiary/aromatic N) is 2. The van der Waals surface area contributed by atoms with Crippen LogP contribution in [0.25, 0.3) is 0 Å². The summed E-state index contributed by atoms with van der Waals surface area (Å²) in [6.45, 7) is 7.07. The fourth-order valence-corrected chi connectivity index (χ4v) is 3.09. The Hall–Kier alpha value is -1.88. The minimum Gasteiger partial charge on any atom is -0.383 e. The Morgan fingerprint density at radius 2 is 2.04 bits per heavy atom. The van der Waals surface area contributed by atoms with Crippen molar-refractivity contribution < 1.29 is 14.3 Å². The minimum absolute atomic E-state index is 0.0634. The molecule has 0 aliphatic carbocycles. The Morgan fingerprint density at radius 1 is 1.33 bits per heavy atom. The van der Waals surface area contributed by atoms with Crippen LogP contribution in [0.15, 0.2) is 30.3 Å². The van der Waals surface area contributed by atoms with Crippen LogP contribution in [0.1, 0.15) is 25.8 Å². The Kier molecular flexibility index (Phi) is 6.79. The largest absolute Gasteiger partial charge is 0.383 e. The maximum atomic E-state index is 12.8. The van der Waals surface area contributed by atoms with Gasteiger partial charge < -0.3 is 14.5 Å². The molecular weight excluding hydrogens is 304 g/mol. The summed E-state index contributed by atoms with van der Waals surface area (Å²) in [5.41, 5.74) is 1.09. The molecule has 1 heterocycles. The molecule has 5 nitrogen and oxygen atoms in total. The molecule has 1 aliphatic rings. The van der Waals surface area contributed by atoms with Gasteiger partial charge in [-0.05, 0) is 11.5 Å². The van der Waals surface area contributed by atoms with Gasteiger partial charge in [-0.1, -0.05) is 44.2 Å². The smallest absolute Gasteiger partial charge is 0.228 e. The number of benzene rings is 1. The summed E-state index contributed by atoms with van der Waals surface area (Å²) < 4.78 is 5.12. The van der Waals surface area contributed by atoms with Crippen molar-refractivity contribution in [2.24, 2.45) is 11.8 Å². The molecule has 1 fully saturated rings. The van der Waals surface area contributed by atoms with Crippen molar-refractivity contribution in [3.8, 4) is 0 Å². The van der Waals surface area contributed by atoms with Crippen LogP contribution < -0.4 is 0 Å². The van der Waals surface area contributed by atoms with Gasteiger partial charge in [-0.3, -0.25) is 9.59 Å². The molecule has 1 aromatic carbocycles. The first-order valence-electron chi connectivity index (χ1n) is 8.60. The lowest BCUT2D eigenvalue weighted by molar-refractivity contribution is -0.137. The third kappa shape index (κ3) is 5.06. The Bertz CT molecular complexity index is 545. The molecule has 1 saturated heterocycles. The van der Waals surface area contributed by atoms with Crippen LogP contribution in [0, 0.1) is 11.8 Å². The van der Waals surface area contributed by atoms with Gasteiger partial charge in [0.15, 0.2) is 0 Å². The summed E-state index contributed by atoms with van der Waals surface area (Å²) >= 11 is 0. The molecule has 0 bridgehead atoms. The second-order valence-corrected chi connectivity index (χ2v) is 6.83. The van der Waals surface area contributed by atoms with E-state index in [1.807, 2.05) is 35.2 Å². The number of methoxy groups -OCH3 is 1. The first-order chi connectivity index (χ1) is 11.5. The molecule has 0 N–H and O–H groups in total. The van der Waals surface area contributed by atoms with Crippen molar-refractivity contribution in [1.29, 1.82) is 0 Å². The maximum absolute atomic E-state index is 12.8. The molecule has 1 aromatic rings. The average molecular weight is 332 g/mol. The first-order valence-corrected chi connectivity index (χ1v) is 8.60. The SMILES string of the molecule is COCCN(CC(C)C)C(=O)C1CC(=O)N(Cc2ccccc2)C1. The molecule has 1 aliphatic heterocycles. The summed E-state index contributed by atoms with van der Waals surface area (Å²) in [6, 6.07) is 9.90. The molecule has 1 atom stereocenters. The van der Waals surface area contributed by atoms with Crippen molar-refractivity contribution in [1.82, 2.24) is 9.80 Å². The Morgan fingerprint density at radius 3 is 2.67 bits per heavy atom. The van der Waals surface area contributed by atoms with E-state index in [1.54, 1.807) is 12.0 Å². The molecule has 0 aromatic heterocycles. The van der Waals surface area contributed by atoms with E-state index < -0.39 is 0 Å². The van der Waals surface area contributed by atoms with Gasteiger partial charge in [0.05, 0.1) is 12.5 Å². The number of carbonyl (C=O) groups is 2. The second kappa shape index (κ2) is 8.83. The average Bonchev–Trinajstić information content (AvgIpc) is 2.92. The van der Waals surface area contributed by atoms with Gasteiger partial charge in [0.2, 0.25) is 11.8 Å². The number of hydrogen-bond donors (Lipinski definition) is 0. The van der Waals surface area contributed by atoms with E-state index in [0.29, 0.717) is 45.1 Å². The molecule has 132 valence electrons. The monoisotopic (exact) mass is 332 g/mol. The van der Waals surface area contributed by atoms with E-state index in [-0.39, 0.29) is 17.7 Å². The van der Waals surface area contributed by atoms with E-state index in [0.717, 1.165) is 5.56 Å². The van der Waals surface area contributed by atoms with Crippen molar-refractivity contribution in [3.05, 3.63) is 35.9 Å². The van der Waals surface area contributed by atoms with Crippen molar-refractivity contribution in [2.45, 2.75) is 26.8 Å². The predicted octanol–water partition coefficient (Wildman–Crippen LogP) is 2.17. The van der Waals surface area contributed by atoms with Gasteiger partial charge >= 0.3 is 0 Å². The van der Waals surface area contributed by atoms with E-state index in [4.69, 9.17) is 4.74 Å². The normalized spacial score (nSPS) is 17.6. The van der Waals surface area contributed by atoms with Crippen molar-refractivity contribution in [2.75, 3.05) is 33.4 Å². The van der Waals surface area contributed by atoms with Gasteiger partial charge in [0.25, 0.3) is 0 Å². The number of rotatable bonds is 8. The van der Waals surface area contributed by atoms with E-state index in [9.17, 15) is 9.59 Å². The Balaban J connectivity index is 1.98. The fraction of sp³-hybridized carbons (Fsp3) is 0.579. The highest BCUT2D eigenvalue weighted by molar-refractivity contribution is 5.89. The lowest BCUT2D eigenvalue weighted by Crippen LogP contribution is -2.41. The molecule has 1 unspecified atom stereocenters. The summed E-state index contributed by atoms with van der Waals surface area (Å²) in [6.07, 6.45) is 0.313. The van der Waals surface area contributed by atoms with Crippen LogP contribution in [0.2, 0.25) is 0 Å². The molecule has 24 heavy (non-hydrogen) atoms. The van der Waals surface area contributed by atoms with Gasteiger partial charge in [-0.2, -0.15) is 0 Å². The molecule has 2 rings (SSSR count). The summed E-state index contributed by atoms with van der Waals surface area (Å²) in [7, 11) is 1.64. The van der Waals surface area contributed by atoms with Gasteiger partial charge in [0, 0.05) is 39.7 Å². The lowest BCUT2D eigenvalue weighted by Gasteiger charge is -2.27. The highest BCUT2D eigenvalue weighted by Crippen LogP contribution is 2.22. The number of hydrogen-bond acceptors (Lipinski definition) is 3. The van der Waals surface area contributed by atoms with Crippen LogP contribution >= 0.6 is 0 Å². The standard InChI is InChI=1S/C19H28N2O3/c1-15(2)12-20(9-10-24-3)19(23)17-11-18(22)21(14-17)13-16-7-5-4-6-8-16/h4-8,15,17H,9-14H2,1-3H3. The summed E-state index contributed by atoms with van der Waals surface area (Å²) in [5, 5.41) is 0. The first kappa shape index (κ1) is 18.5. The second-order valence-electron chi connectivity index (χ2n) is 6.83. The third-order valence-electron chi connectivity index (χ3n) is 4.24. The fourth-order valence-electron chi connectivity index (χ4n) is 3.09. The number of likely N-dealkylation sites (tertiary alicyclic amines) is 1. The topological polar surface area (TPSA) is 49.9 Å². The van der Waals surface area contributed by atoms with Crippen LogP contribution in [0.3, 0.4) is 0 Å². The van der Waals surface area contributed by atoms with Crippen LogP contribution in [-0.2, 0) is 20.9 Å². The van der Waals surface area contributed by atoms with E-state index in [1.165, 1.54) is 0 Å². The zero-order valence-corrected chi connectivity index (χ0v) is 14.9. The molecule has 5 heteroatoms. The van der Waals surface area contributed by atoms with E-state index in [2.05, 4.69) is 13.8 Å².